The van der Waals surface area contributed by atoms with Crippen molar-refractivity contribution in [1.82, 2.24) is 24.9 Å². The molecule has 3 aromatic rings. The van der Waals surface area contributed by atoms with Crippen LogP contribution >= 0.6 is 0 Å². The Morgan fingerprint density at radius 1 is 1.23 bits per heavy atom. The smallest absolute Gasteiger partial charge is 0.260 e. The molecule has 8 heteroatoms. The van der Waals surface area contributed by atoms with Gasteiger partial charge in [0.2, 0.25) is 5.95 Å². The Balaban J connectivity index is 1.81. The van der Waals surface area contributed by atoms with Crippen LogP contribution in [0.5, 0.6) is 0 Å². The van der Waals surface area contributed by atoms with Gasteiger partial charge in [-0.15, -0.1) is 0 Å². The van der Waals surface area contributed by atoms with Gasteiger partial charge in [0.1, 0.15) is 5.82 Å². The summed E-state index contributed by atoms with van der Waals surface area (Å²) >= 11 is 0. The summed E-state index contributed by atoms with van der Waals surface area (Å²) in [5.74, 6) is 0.468. The number of amides is 1. The second kappa shape index (κ2) is 6.07. The van der Waals surface area contributed by atoms with Crippen LogP contribution in [0.25, 0.3) is 11.6 Å². The number of hydrogen-bond donors (Lipinski definition) is 2. The highest BCUT2D eigenvalue weighted by molar-refractivity contribution is 6.35. The molecule has 0 unspecified atom stereocenters. The number of aryl methyl sites for hydroxylation is 2. The summed E-state index contributed by atoms with van der Waals surface area (Å²) < 4.78 is 0. The molecule has 3 aromatic heterocycles. The van der Waals surface area contributed by atoms with Crippen LogP contribution in [0.2, 0.25) is 0 Å². The number of aromatic nitrogens is 5. The zero-order chi connectivity index (χ0) is 18.3. The van der Waals surface area contributed by atoms with E-state index in [1.54, 1.807) is 29.6 Å². The molecule has 8 nitrogen and oxygen atoms in total. The lowest BCUT2D eigenvalue weighted by atomic mass is 10.1. The standard InChI is InChI=1S/C18H17N7O/c1-10-7-22-13(8-21-10)9-25-16-15(11(2)23-18(19)24-16)14(17(25)26)6-12-4-3-5-20-12/h3-8,20H,9H2,1-2H3,(H2,19,23,24)/b14-6-. The monoisotopic (exact) mass is 347 g/mol. The van der Waals surface area contributed by atoms with Gasteiger partial charge in [-0.3, -0.25) is 19.7 Å². The number of fused-ring (bicyclic) bond motifs is 1. The van der Waals surface area contributed by atoms with Crippen molar-refractivity contribution < 1.29 is 4.79 Å². The Labute approximate surface area is 149 Å². The van der Waals surface area contributed by atoms with Crippen LogP contribution in [0.1, 0.15) is 28.3 Å². The minimum absolute atomic E-state index is 0.134. The molecule has 0 atom stereocenters. The first kappa shape index (κ1) is 15.9. The van der Waals surface area contributed by atoms with Crippen LogP contribution in [-0.2, 0) is 11.3 Å². The van der Waals surface area contributed by atoms with Gasteiger partial charge >= 0.3 is 0 Å². The number of carbonyl (C=O) groups is 1. The van der Waals surface area contributed by atoms with E-state index in [1.807, 2.05) is 26.0 Å². The minimum atomic E-state index is -0.167. The fourth-order valence-corrected chi connectivity index (χ4v) is 2.97. The van der Waals surface area contributed by atoms with E-state index in [0.717, 1.165) is 11.4 Å². The summed E-state index contributed by atoms with van der Waals surface area (Å²) in [5.41, 5.74) is 10.0. The molecule has 4 rings (SSSR count). The van der Waals surface area contributed by atoms with Crippen molar-refractivity contribution in [2.24, 2.45) is 0 Å². The molecule has 1 aliphatic rings. The van der Waals surface area contributed by atoms with Gasteiger partial charge in [0, 0.05) is 18.1 Å². The molecule has 0 saturated heterocycles. The summed E-state index contributed by atoms with van der Waals surface area (Å²) in [6.45, 7) is 3.94. The van der Waals surface area contributed by atoms with E-state index in [-0.39, 0.29) is 18.4 Å². The van der Waals surface area contributed by atoms with Gasteiger partial charge in [0.05, 0.1) is 41.0 Å². The molecular formula is C18H17N7O. The van der Waals surface area contributed by atoms with Crippen molar-refractivity contribution >= 4 is 29.3 Å². The summed E-state index contributed by atoms with van der Waals surface area (Å²) in [5, 5.41) is 0. The highest BCUT2D eigenvalue weighted by atomic mass is 16.2. The van der Waals surface area contributed by atoms with Crippen LogP contribution in [0.3, 0.4) is 0 Å². The number of carbonyl (C=O) groups excluding carboxylic acids is 1. The molecule has 0 fully saturated rings. The normalized spacial score (nSPS) is 14.9. The first-order chi connectivity index (χ1) is 12.5. The quantitative estimate of drug-likeness (QED) is 0.699. The van der Waals surface area contributed by atoms with Crippen LogP contribution < -0.4 is 10.6 Å². The zero-order valence-corrected chi connectivity index (χ0v) is 14.4. The van der Waals surface area contributed by atoms with Gasteiger partial charge in [0.25, 0.3) is 5.91 Å². The molecular weight excluding hydrogens is 330 g/mol. The Bertz CT molecular complexity index is 1010. The molecule has 130 valence electrons. The summed E-state index contributed by atoms with van der Waals surface area (Å²) in [7, 11) is 0. The molecule has 1 amide bonds. The van der Waals surface area contributed by atoms with E-state index in [9.17, 15) is 4.79 Å². The second-order valence-corrected chi connectivity index (χ2v) is 6.09. The number of nitrogen functional groups attached to an aromatic ring is 1. The van der Waals surface area contributed by atoms with E-state index < -0.39 is 0 Å². The van der Waals surface area contributed by atoms with E-state index >= 15 is 0 Å². The van der Waals surface area contributed by atoms with Crippen LogP contribution in [0.15, 0.2) is 30.7 Å². The molecule has 0 saturated carbocycles. The number of nitrogens with two attached hydrogens (primary N) is 1. The van der Waals surface area contributed by atoms with Crippen LogP contribution in [-0.4, -0.2) is 30.8 Å². The number of nitrogens with one attached hydrogen (secondary N) is 1. The third kappa shape index (κ3) is 2.71. The largest absolute Gasteiger partial charge is 0.368 e. The number of rotatable bonds is 3. The van der Waals surface area contributed by atoms with Crippen LogP contribution in [0, 0.1) is 13.8 Å². The second-order valence-electron chi connectivity index (χ2n) is 6.09. The van der Waals surface area contributed by atoms with Gasteiger partial charge < -0.3 is 10.7 Å². The van der Waals surface area contributed by atoms with Gasteiger partial charge in [-0.2, -0.15) is 4.98 Å². The predicted molar refractivity (Wildman–Crippen MR) is 97.8 cm³/mol. The maximum atomic E-state index is 13.1. The zero-order valence-electron chi connectivity index (χ0n) is 14.4. The number of anilines is 2. The average Bonchev–Trinajstić information content (AvgIpc) is 3.19. The van der Waals surface area contributed by atoms with Crippen molar-refractivity contribution in [3.63, 3.8) is 0 Å². The lowest BCUT2D eigenvalue weighted by Crippen LogP contribution is -2.27. The van der Waals surface area contributed by atoms with Crippen molar-refractivity contribution in [3.05, 3.63) is 59.1 Å². The molecule has 1 aliphatic heterocycles. The SMILES string of the molecule is Cc1cnc(CN2C(=O)/C(=C\c3ccc[nH]3)c3c(C)nc(N)nc32)cn1. The van der Waals surface area contributed by atoms with Crippen molar-refractivity contribution in [3.8, 4) is 0 Å². The van der Waals surface area contributed by atoms with Crippen molar-refractivity contribution in [2.45, 2.75) is 20.4 Å². The highest BCUT2D eigenvalue weighted by Crippen LogP contribution is 2.38. The maximum absolute atomic E-state index is 13.1. The molecule has 0 aromatic carbocycles. The highest BCUT2D eigenvalue weighted by Gasteiger charge is 2.36. The fourth-order valence-electron chi connectivity index (χ4n) is 2.97. The molecule has 26 heavy (non-hydrogen) atoms. The summed E-state index contributed by atoms with van der Waals surface area (Å²) in [6, 6.07) is 3.76. The number of H-pyrrole nitrogens is 1. The first-order valence-corrected chi connectivity index (χ1v) is 8.12. The fraction of sp³-hybridized carbons (Fsp3) is 0.167. The maximum Gasteiger partial charge on any atom is 0.260 e. The molecule has 0 spiro atoms. The summed E-state index contributed by atoms with van der Waals surface area (Å²) in [4.78, 5) is 34.9. The molecule has 4 heterocycles. The van der Waals surface area contributed by atoms with E-state index in [4.69, 9.17) is 5.73 Å². The van der Waals surface area contributed by atoms with Gasteiger partial charge in [0.15, 0.2) is 0 Å². The van der Waals surface area contributed by atoms with Gasteiger partial charge in [-0.25, -0.2) is 4.98 Å². The molecule has 0 radical (unpaired) electrons. The van der Waals surface area contributed by atoms with Crippen molar-refractivity contribution in [1.29, 1.82) is 0 Å². The average molecular weight is 347 g/mol. The third-order valence-corrected chi connectivity index (χ3v) is 4.17. The number of nitrogens with zero attached hydrogens (tertiary/aromatic N) is 5. The van der Waals surface area contributed by atoms with Crippen LogP contribution in [0.4, 0.5) is 11.8 Å². The lowest BCUT2D eigenvalue weighted by molar-refractivity contribution is -0.113. The minimum Gasteiger partial charge on any atom is -0.368 e. The topological polar surface area (TPSA) is 114 Å². The van der Waals surface area contributed by atoms with Crippen molar-refractivity contribution in [2.75, 3.05) is 10.6 Å². The van der Waals surface area contributed by atoms with E-state index in [0.29, 0.717) is 28.3 Å². The number of hydrogen-bond acceptors (Lipinski definition) is 6. The Kier molecular flexibility index (Phi) is 3.72. The van der Waals surface area contributed by atoms with Gasteiger partial charge in [-0.05, 0) is 32.1 Å². The summed E-state index contributed by atoms with van der Waals surface area (Å²) in [6.07, 6.45) is 6.94. The van der Waals surface area contributed by atoms with E-state index in [2.05, 4.69) is 24.9 Å². The Morgan fingerprint density at radius 3 is 2.77 bits per heavy atom. The Hall–Kier alpha value is -3.55. The molecule has 0 bridgehead atoms. The predicted octanol–water partition coefficient (Wildman–Crippen LogP) is 1.88. The Morgan fingerprint density at radius 2 is 2.08 bits per heavy atom. The number of aromatic amines is 1. The molecule has 0 aliphatic carbocycles. The van der Waals surface area contributed by atoms with E-state index in [1.165, 1.54) is 0 Å². The lowest BCUT2D eigenvalue weighted by Gasteiger charge is -2.15. The molecule has 3 N–H and O–H groups in total. The third-order valence-electron chi connectivity index (χ3n) is 4.17. The van der Waals surface area contributed by atoms with Gasteiger partial charge in [-0.1, -0.05) is 0 Å². The first-order valence-electron chi connectivity index (χ1n) is 8.12.